The highest BCUT2D eigenvalue weighted by Gasteiger charge is 2.14. The second kappa shape index (κ2) is 38.3. The van der Waals surface area contributed by atoms with Crippen LogP contribution in [-0.2, 0) is 19.2 Å². The first-order valence-electron chi connectivity index (χ1n) is 19.5. The molecule has 0 heterocycles. The minimum Gasteiger partial charge on any atom is -0.462 e. The second-order valence-corrected chi connectivity index (χ2v) is 13.2. The number of carbonyl (C=O) groups excluding carboxylic acids is 1. The molecule has 0 aromatic heterocycles. The van der Waals surface area contributed by atoms with Crippen LogP contribution in [-0.4, -0.2) is 63.3 Å². The number of hydrogen-bond donors (Lipinski definition) is 0. The standard InChI is InChI=1S/C40H75N3O4/c1-5-7-9-11-13-21-29-37-45-41-34-26-19-15-17-23-31-39(47-40(44)33-25-28-36-43(3)4)32-24-18-16-20-27-35-42-46-38-30-22-14-12-10-8-6-2/h21-22,29-30,34-35,39H,5-20,23-28,31-33,36-38H2,1-4H3/b29-21-,30-22-,41-34-,42-35-. The predicted octanol–water partition coefficient (Wildman–Crippen LogP) is 11.4. The van der Waals surface area contributed by atoms with Gasteiger partial charge in [0, 0.05) is 18.9 Å². The van der Waals surface area contributed by atoms with Crippen LogP contribution in [0.25, 0.3) is 0 Å². The maximum atomic E-state index is 12.5. The lowest BCUT2D eigenvalue weighted by atomic mass is 10.0. The molecule has 0 radical (unpaired) electrons. The number of hydrogen-bond acceptors (Lipinski definition) is 7. The largest absolute Gasteiger partial charge is 0.462 e. The molecule has 0 spiro atoms. The molecule has 0 aromatic rings. The van der Waals surface area contributed by atoms with Gasteiger partial charge in [-0.3, -0.25) is 4.79 Å². The summed E-state index contributed by atoms with van der Waals surface area (Å²) in [6.45, 7) is 6.60. The summed E-state index contributed by atoms with van der Waals surface area (Å²) in [5.74, 6) is -0.0288. The van der Waals surface area contributed by atoms with E-state index in [9.17, 15) is 4.79 Å². The van der Waals surface area contributed by atoms with E-state index in [1.807, 2.05) is 12.4 Å². The number of ether oxygens (including phenoxy) is 1. The van der Waals surface area contributed by atoms with Crippen LogP contribution in [0.5, 0.6) is 0 Å². The fourth-order valence-corrected chi connectivity index (χ4v) is 5.26. The van der Waals surface area contributed by atoms with Gasteiger partial charge in [0.25, 0.3) is 0 Å². The van der Waals surface area contributed by atoms with E-state index in [1.165, 1.54) is 51.4 Å². The molecule has 0 atom stereocenters. The Hall–Kier alpha value is -2.15. The van der Waals surface area contributed by atoms with Crippen LogP contribution in [0.2, 0.25) is 0 Å². The van der Waals surface area contributed by atoms with Gasteiger partial charge in [0.2, 0.25) is 0 Å². The molecule has 0 aliphatic rings. The fraction of sp³-hybridized carbons (Fsp3) is 0.825. The molecule has 7 nitrogen and oxygen atoms in total. The van der Waals surface area contributed by atoms with E-state index in [0.717, 1.165) is 109 Å². The zero-order valence-electron chi connectivity index (χ0n) is 31.3. The smallest absolute Gasteiger partial charge is 0.306 e. The van der Waals surface area contributed by atoms with Gasteiger partial charge in [-0.2, -0.15) is 0 Å². The van der Waals surface area contributed by atoms with Crippen molar-refractivity contribution in [1.82, 2.24) is 4.90 Å². The minimum absolute atomic E-state index is 0.0288. The van der Waals surface area contributed by atoms with Crippen LogP contribution in [0.15, 0.2) is 34.6 Å². The minimum atomic E-state index is -0.0288. The van der Waals surface area contributed by atoms with Crippen LogP contribution in [0, 0.1) is 0 Å². The van der Waals surface area contributed by atoms with Gasteiger partial charge < -0.3 is 19.3 Å². The average Bonchev–Trinajstić information content (AvgIpc) is 3.06. The third-order valence-electron chi connectivity index (χ3n) is 8.17. The Morgan fingerprint density at radius 1 is 0.574 bits per heavy atom. The lowest BCUT2D eigenvalue weighted by Gasteiger charge is -2.18. The van der Waals surface area contributed by atoms with E-state index < -0.39 is 0 Å². The summed E-state index contributed by atoms with van der Waals surface area (Å²) >= 11 is 0. The van der Waals surface area contributed by atoms with Crippen molar-refractivity contribution >= 4 is 18.4 Å². The fourth-order valence-electron chi connectivity index (χ4n) is 5.26. The number of unbranched alkanes of at least 4 members (excludes halogenated alkanes) is 17. The number of esters is 1. The Labute approximate surface area is 291 Å². The van der Waals surface area contributed by atoms with Crippen molar-refractivity contribution in [2.75, 3.05) is 33.9 Å². The Bertz CT molecular complexity index is 719. The van der Waals surface area contributed by atoms with Gasteiger partial charge >= 0.3 is 5.97 Å². The van der Waals surface area contributed by atoms with Gasteiger partial charge in [-0.25, -0.2) is 0 Å². The van der Waals surface area contributed by atoms with Crippen molar-refractivity contribution in [3.8, 4) is 0 Å². The Morgan fingerprint density at radius 3 is 1.53 bits per heavy atom. The molecule has 0 bridgehead atoms. The van der Waals surface area contributed by atoms with Gasteiger partial charge in [0.15, 0.2) is 0 Å². The normalized spacial score (nSPS) is 12.2. The first-order valence-corrected chi connectivity index (χ1v) is 19.5. The molecule has 0 saturated heterocycles. The lowest BCUT2D eigenvalue weighted by Crippen LogP contribution is -2.19. The summed E-state index contributed by atoms with van der Waals surface area (Å²) in [7, 11) is 4.14. The van der Waals surface area contributed by atoms with Gasteiger partial charge in [0.1, 0.15) is 19.3 Å². The zero-order chi connectivity index (χ0) is 34.3. The number of oxime groups is 2. The third kappa shape index (κ3) is 38.2. The molecule has 7 heteroatoms. The van der Waals surface area contributed by atoms with E-state index in [4.69, 9.17) is 14.4 Å². The average molecular weight is 662 g/mol. The van der Waals surface area contributed by atoms with Crippen LogP contribution >= 0.6 is 0 Å². The highest BCUT2D eigenvalue weighted by atomic mass is 16.6. The molecule has 0 N–H and O–H groups in total. The Morgan fingerprint density at radius 2 is 1.04 bits per heavy atom. The highest BCUT2D eigenvalue weighted by Crippen LogP contribution is 2.17. The van der Waals surface area contributed by atoms with Crippen molar-refractivity contribution in [3.63, 3.8) is 0 Å². The van der Waals surface area contributed by atoms with E-state index in [2.05, 4.69) is 67.5 Å². The summed E-state index contributed by atoms with van der Waals surface area (Å²) < 4.78 is 5.97. The van der Waals surface area contributed by atoms with E-state index >= 15 is 0 Å². The predicted molar refractivity (Wildman–Crippen MR) is 202 cm³/mol. The zero-order valence-corrected chi connectivity index (χ0v) is 31.3. The molecule has 0 unspecified atom stereocenters. The molecule has 47 heavy (non-hydrogen) atoms. The maximum absolute atomic E-state index is 12.5. The SMILES string of the molecule is CCCCCC/C=C\CO/N=C\CCCCCCC(CCCCCC/C=N\OC/C=C\CCCCCC)OC(=O)CCCCN(C)C. The maximum Gasteiger partial charge on any atom is 0.306 e. The summed E-state index contributed by atoms with van der Waals surface area (Å²) in [5, 5.41) is 8.16. The molecule has 0 fully saturated rings. The van der Waals surface area contributed by atoms with Crippen molar-refractivity contribution in [3.05, 3.63) is 24.3 Å². The quantitative estimate of drug-likeness (QED) is 0.0220. The molecule has 0 aliphatic carbocycles. The number of nitrogens with zero attached hydrogens (tertiary/aromatic N) is 3. The molecule has 0 rings (SSSR count). The van der Waals surface area contributed by atoms with Crippen LogP contribution in [0.1, 0.15) is 174 Å². The van der Waals surface area contributed by atoms with E-state index in [1.54, 1.807) is 0 Å². The van der Waals surface area contributed by atoms with Crippen LogP contribution < -0.4 is 0 Å². The summed E-state index contributed by atoms with van der Waals surface area (Å²) in [5.41, 5.74) is 0. The topological polar surface area (TPSA) is 72.7 Å². The Balaban J connectivity index is 4.09. The van der Waals surface area contributed by atoms with Gasteiger partial charge in [-0.1, -0.05) is 101 Å². The summed E-state index contributed by atoms with van der Waals surface area (Å²) in [4.78, 5) is 25.4. The summed E-state index contributed by atoms with van der Waals surface area (Å²) in [6, 6.07) is 0. The molecule has 0 aliphatic heterocycles. The first-order chi connectivity index (χ1) is 23.1. The second-order valence-electron chi connectivity index (χ2n) is 13.2. The number of allylic oxidation sites excluding steroid dienone is 2. The van der Waals surface area contributed by atoms with Gasteiger partial charge in [-0.15, -0.1) is 0 Å². The number of rotatable bonds is 36. The van der Waals surface area contributed by atoms with Crippen molar-refractivity contribution < 1.29 is 19.2 Å². The van der Waals surface area contributed by atoms with Gasteiger partial charge in [0.05, 0.1) is 0 Å². The Kier molecular flexibility index (Phi) is 36.5. The molecule has 0 amide bonds. The first kappa shape index (κ1) is 44.9. The van der Waals surface area contributed by atoms with Crippen molar-refractivity contribution in [1.29, 1.82) is 0 Å². The molecular weight excluding hydrogens is 586 g/mol. The van der Waals surface area contributed by atoms with Crippen molar-refractivity contribution in [2.45, 2.75) is 180 Å². The number of carbonyl (C=O) groups is 1. The van der Waals surface area contributed by atoms with Gasteiger partial charge in [-0.05, 0) is 123 Å². The molecule has 0 saturated carbocycles. The summed E-state index contributed by atoms with van der Waals surface area (Å²) in [6.07, 6.45) is 40.3. The van der Waals surface area contributed by atoms with Crippen LogP contribution in [0.3, 0.4) is 0 Å². The lowest BCUT2D eigenvalue weighted by molar-refractivity contribution is -0.150. The van der Waals surface area contributed by atoms with Crippen molar-refractivity contribution in [2.24, 2.45) is 10.3 Å². The highest BCUT2D eigenvalue weighted by molar-refractivity contribution is 5.69. The van der Waals surface area contributed by atoms with E-state index in [-0.39, 0.29) is 12.1 Å². The molecule has 0 aromatic carbocycles. The van der Waals surface area contributed by atoms with E-state index in [0.29, 0.717) is 19.6 Å². The molecular formula is C40H75N3O4. The van der Waals surface area contributed by atoms with Crippen LogP contribution in [0.4, 0.5) is 0 Å². The molecule has 274 valence electrons. The third-order valence-corrected chi connectivity index (χ3v) is 8.17. The monoisotopic (exact) mass is 662 g/mol.